The van der Waals surface area contributed by atoms with E-state index in [2.05, 4.69) is 49.3 Å². The Kier molecular flexibility index (Phi) is 5.27. The molecule has 2 aromatic carbocycles. The Labute approximate surface area is 186 Å². The zero-order valence-electron chi connectivity index (χ0n) is 18.1. The van der Waals surface area contributed by atoms with Gasteiger partial charge in [0.05, 0.1) is 18.9 Å². The zero-order valence-corrected chi connectivity index (χ0v) is 18.9. The Balaban J connectivity index is 1.58. The van der Waals surface area contributed by atoms with E-state index in [1.165, 1.54) is 5.57 Å². The van der Waals surface area contributed by atoms with Gasteiger partial charge in [0.2, 0.25) is 0 Å². The monoisotopic (exact) mass is 437 g/mol. The predicted molar refractivity (Wildman–Crippen MR) is 125 cm³/mol. The van der Waals surface area contributed by atoms with Gasteiger partial charge >= 0.3 is 5.91 Å². The minimum atomic E-state index is -0.446. The molecule has 1 N–H and O–H groups in total. The van der Waals surface area contributed by atoms with Crippen LogP contribution in [0.3, 0.4) is 0 Å². The summed E-state index contributed by atoms with van der Waals surface area (Å²) < 4.78 is 11.1. The third-order valence-corrected chi connectivity index (χ3v) is 5.88. The molecule has 0 spiro atoms. The average Bonchev–Trinajstić information content (AvgIpc) is 3.14. The largest absolute Gasteiger partial charge is 0.496 e. The van der Waals surface area contributed by atoms with Crippen molar-refractivity contribution in [2.75, 3.05) is 19.1 Å². The smallest absolute Gasteiger partial charge is 0.307 e. The van der Waals surface area contributed by atoms with E-state index in [9.17, 15) is 4.79 Å². The fraction of sp³-hybridized carbons (Fsp3) is 0.250. The number of rotatable bonds is 4. The third kappa shape index (κ3) is 3.91. The van der Waals surface area contributed by atoms with E-state index in [1.54, 1.807) is 37.6 Å². The van der Waals surface area contributed by atoms with E-state index < -0.39 is 5.91 Å². The molecule has 160 valence electrons. The number of carbonyl (C=O) groups is 1. The quantitative estimate of drug-likeness (QED) is 0.433. The molecule has 0 radical (unpaired) electrons. The van der Waals surface area contributed by atoms with Crippen molar-refractivity contribution in [3.63, 3.8) is 0 Å². The van der Waals surface area contributed by atoms with Gasteiger partial charge in [0, 0.05) is 40.3 Å². The molecule has 3 aromatic rings. The molecule has 0 unspecified atom stereocenters. The molecule has 1 amide bonds. The van der Waals surface area contributed by atoms with E-state index in [-0.39, 0.29) is 11.3 Å². The summed E-state index contributed by atoms with van der Waals surface area (Å²) in [6.07, 6.45) is 3.81. The van der Waals surface area contributed by atoms with Crippen molar-refractivity contribution in [2.45, 2.75) is 26.3 Å². The SMILES string of the molecule is COc1cc2c(cc1/C=N\NC(=O)c1cc3cc(Cl)ccc3o1)C(C)=CC(C)(C)N2C. The number of halogens is 1. The van der Waals surface area contributed by atoms with E-state index in [0.29, 0.717) is 16.4 Å². The van der Waals surface area contributed by atoms with Gasteiger partial charge in [0.25, 0.3) is 0 Å². The van der Waals surface area contributed by atoms with Crippen LogP contribution in [0.2, 0.25) is 5.02 Å². The lowest BCUT2D eigenvalue weighted by Gasteiger charge is -2.40. The van der Waals surface area contributed by atoms with Gasteiger partial charge in [-0.15, -0.1) is 0 Å². The normalized spacial score (nSPS) is 15.2. The topological polar surface area (TPSA) is 67.1 Å². The number of benzene rings is 2. The molecule has 0 atom stereocenters. The molecule has 31 heavy (non-hydrogen) atoms. The standard InChI is InChI=1S/C24H24ClN3O3/c1-14-12-24(2,3)28(4)19-11-21(30-5)16(9-18(14)19)13-26-27-23(29)22-10-15-8-17(25)6-7-20(15)31-22/h6-13H,1-5H3,(H,27,29)/b26-13-. The molecule has 2 heterocycles. The number of ether oxygens (including phenoxy) is 1. The maximum atomic E-state index is 12.4. The number of allylic oxidation sites excluding steroid dienone is 1. The molecule has 0 fully saturated rings. The van der Waals surface area contributed by atoms with Gasteiger partial charge in [-0.2, -0.15) is 5.10 Å². The number of hydrazone groups is 1. The second-order valence-electron chi connectivity index (χ2n) is 8.14. The number of likely N-dealkylation sites (N-methyl/N-ethyl adjacent to an activating group) is 1. The van der Waals surface area contributed by atoms with Gasteiger partial charge in [0.15, 0.2) is 5.76 Å². The summed E-state index contributed by atoms with van der Waals surface area (Å²) in [6.45, 7) is 6.43. The van der Waals surface area contributed by atoms with Crippen molar-refractivity contribution in [1.29, 1.82) is 0 Å². The van der Waals surface area contributed by atoms with E-state index >= 15 is 0 Å². The first kappa shape index (κ1) is 21.0. The Morgan fingerprint density at radius 2 is 2.03 bits per heavy atom. The van der Waals surface area contributed by atoms with Crippen molar-refractivity contribution in [3.8, 4) is 5.75 Å². The molecule has 0 saturated carbocycles. The van der Waals surface area contributed by atoms with Gasteiger partial charge in [0.1, 0.15) is 11.3 Å². The molecule has 1 aliphatic rings. The number of carbonyl (C=O) groups excluding carboxylic acids is 1. The predicted octanol–water partition coefficient (Wildman–Crippen LogP) is 5.49. The van der Waals surface area contributed by atoms with Crippen molar-refractivity contribution in [2.24, 2.45) is 5.10 Å². The van der Waals surface area contributed by atoms with Gasteiger partial charge in [-0.3, -0.25) is 4.79 Å². The summed E-state index contributed by atoms with van der Waals surface area (Å²) >= 11 is 5.99. The highest BCUT2D eigenvalue weighted by Crippen LogP contribution is 2.40. The number of nitrogens with zero attached hydrogens (tertiary/aromatic N) is 2. The lowest BCUT2D eigenvalue weighted by Crippen LogP contribution is -2.42. The van der Waals surface area contributed by atoms with E-state index in [0.717, 1.165) is 22.2 Å². The lowest BCUT2D eigenvalue weighted by molar-refractivity contribution is 0.0929. The molecule has 1 aliphatic heterocycles. The maximum absolute atomic E-state index is 12.4. The highest BCUT2D eigenvalue weighted by Gasteiger charge is 2.29. The fourth-order valence-electron chi connectivity index (χ4n) is 3.81. The molecule has 1 aromatic heterocycles. The number of nitrogens with one attached hydrogen (secondary N) is 1. The average molecular weight is 438 g/mol. The lowest BCUT2D eigenvalue weighted by atomic mass is 9.88. The summed E-state index contributed by atoms with van der Waals surface area (Å²) in [5, 5.41) is 5.45. The Hall–Kier alpha value is -3.25. The van der Waals surface area contributed by atoms with Crippen molar-refractivity contribution < 1.29 is 13.9 Å². The highest BCUT2D eigenvalue weighted by atomic mass is 35.5. The molecular weight excluding hydrogens is 414 g/mol. The first-order valence-electron chi connectivity index (χ1n) is 9.88. The van der Waals surface area contributed by atoms with Crippen LogP contribution in [0, 0.1) is 0 Å². The van der Waals surface area contributed by atoms with Crippen LogP contribution in [0.25, 0.3) is 16.5 Å². The number of amides is 1. The molecule has 0 aliphatic carbocycles. The van der Waals surface area contributed by atoms with Gasteiger partial charge < -0.3 is 14.1 Å². The van der Waals surface area contributed by atoms with Crippen LogP contribution in [0.1, 0.15) is 42.5 Å². The number of methoxy groups -OCH3 is 1. The van der Waals surface area contributed by atoms with Crippen LogP contribution in [0.5, 0.6) is 5.75 Å². The van der Waals surface area contributed by atoms with Crippen LogP contribution in [0.15, 0.2) is 52.0 Å². The summed E-state index contributed by atoms with van der Waals surface area (Å²) in [5.41, 5.74) is 7.14. The van der Waals surface area contributed by atoms with Crippen molar-refractivity contribution in [1.82, 2.24) is 5.43 Å². The zero-order chi connectivity index (χ0) is 22.3. The third-order valence-electron chi connectivity index (χ3n) is 5.64. The summed E-state index contributed by atoms with van der Waals surface area (Å²) in [6, 6.07) is 10.8. The molecular formula is C24H24ClN3O3. The van der Waals surface area contributed by atoms with E-state index in [4.69, 9.17) is 20.8 Å². The Morgan fingerprint density at radius 3 is 2.77 bits per heavy atom. The summed E-state index contributed by atoms with van der Waals surface area (Å²) in [7, 11) is 3.68. The first-order chi connectivity index (χ1) is 14.7. The van der Waals surface area contributed by atoms with Crippen LogP contribution in [-0.2, 0) is 0 Å². The fourth-order valence-corrected chi connectivity index (χ4v) is 3.99. The van der Waals surface area contributed by atoms with E-state index in [1.807, 2.05) is 12.1 Å². The number of fused-ring (bicyclic) bond motifs is 2. The second kappa shape index (κ2) is 7.78. The van der Waals surface area contributed by atoms with Crippen LogP contribution < -0.4 is 15.1 Å². The second-order valence-corrected chi connectivity index (χ2v) is 8.58. The minimum absolute atomic E-state index is 0.0948. The van der Waals surface area contributed by atoms with Gasteiger partial charge in [-0.05, 0) is 56.7 Å². The van der Waals surface area contributed by atoms with Crippen molar-refractivity contribution in [3.05, 3.63) is 64.4 Å². The molecule has 6 nitrogen and oxygen atoms in total. The van der Waals surface area contributed by atoms with Crippen LogP contribution in [0.4, 0.5) is 5.69 Å². The number of hydrogen-bond acceptors (Lipinski definition) is 5. The molecule has 0 bridgehead atoms. The molecule has 7 heteroatoms. The number of furan rings is 1. The number of anilines is 1. The molecule has 4 rings (SSSR count). The Bertz CT molecular complexity index is 1240. The summed E-state index contributed by atoms with van der Waals surface area (Å²) in [4.78, 5) is 14.7. The first-order valence-corrected chi connectivity index (χ1v) is 10.3. The highest BCUT2D eigenvalue weighted by molar-refractivity contribution is 6.31. The van der Waals surface area contributed by atoms with Crippen LogP contribution >= 0.6 is 11.6 Å². The van der Waals surface area contributed by atoms with Gasteiger partial charge in [-0.25, -0.2) is 5.43 Å². The molecule has 0 saturated heterocycles. The van der Waals surface area contributed by atoms with Crippen LogP contribution in [-0.4, -0.2) is 31.8 Å². The maximum Gasteiger partial charge on any atom is 0.307 e. The van der Waals surface area contributed by atoms with Crippen molar-refractivity contribution >= 4 is 46.0 Å². The minimum Gasteiger partial charge on any atom is -0.496 e. The number of hydrogen-bond donors (Lipinski definition) is 1. The van der Waals surface area contributed by atoms with Gasteiger partial charge in [-0.1, -0.05) is 17.7 Å². The Morgan fingerprint density at radius 1 is 1.26 bits per heavy atom. The summed E-state index contributed by atoms with van der Waals surface area (Å²) in [5.74, 6) is 0.389.